The number of hydrogen-bond donors (Lipinski definition) is 1. The maximum atomic E-state index is 13.6. The molecule has 0 fully saturated rings. The summed E-state index contributed by atoms with van der Waals surface area (Å²) in [6, 6.07) is 8.78. The van der Waals surface area contributed by atoms with Gasteiger partial charge >= 0.3 is 0 Å². The monoisotopic (exact) mass is 391 g/mol. The quantitative estimate of drug-likeness (QED) is 0.806. The van der Waals surface area contributed by atoms with Crippen molar-refractivity contribution in [3.63, 3.8) is 0 Å². The summed E-state index contributed by atoms with van der Waals surface area (Å²) < 4.78 is 50.8. The van der Waals surface area contributed by atoms with Crippen LogP contribution in [0.3, 0.4) is 0 Å². The molecule has 0 aliphatic rings. The number of sulfone groups is 1. The molecular formula is C15H9Cl2F2NO3S. The highest BCUT2D eigenvalue weighted by molar-refractivity contribution is 7.95. The minimum atomic E-state index is -4.34. The summed E-state index contributed by atoms with van der Waals surface area (Å²) >= 11 is 11.1. The number of benzene rings is 2. The lowest BCUT2D eigenvalue weighted by atomic mass is 10.2. The number of hydrogen-bond acceptors (Lipinski definition) is 3. The fourth-order valence-electron chi connectivity index (χ4n) is 1.76. The molecule has 0 unspecified atom stereocenters. The second kappa shape index (κ2) is 7.29. The van der Waals surface area contributed by atoms with E-state index in [1.165, 1.54) is 12.1 Å². The van der Waals surface area contributed by atoms with Crippen LogP contribution in [0.2, 0.25) is 0 Å². The average Bonchev–Trinajstić information content (AvgIpc) is 2.52. The van der Waals surface area contributed by atoms with Gasteiger partial charge in [0.15, 0.2) is 5.03 Å². The molecule has 0 heterocycles. The summed E-state index contributed by atoms with van der Waals surface area (Å²) in [4.78, 5) is 11.7. The van der Waals surface area contributed by atoms with Gasteiger partial charge in [-0.3, -0.25) is 4.79 Å². The van der Waals surface area contributed by atoms with Crippen LogP contribution in [0.5, 0.6) is 0 Å². The summed E-state index contributed by atoms with van der Waals surface area (Å²) in [7, 11) is -4.34. The van der Waals surface area contributed by atoms with Gasteiger partial charge in [0.2, 0.25) is 9.84 Å². The number of carbonyl (C=O) groups is 1. The molecule has 0 atom stereocenters. The van der Waals surface area contributed by atoms with Gasteiger partial charge in [0, 0.05) is 0 Å². The van der Waals surface area contributed by atoms with Crippen LogP contribution in [-0.4, -0.2) is 14.3 Å². The summed E-state index contributed by atoms with van der Waals surface area (Å²) in [5.74, 6) is -2.54. The Bertz CT molecular complexity index is 909. The molecule has 0 radical (unpaired) electrons. The predicted octanol–water partition coefficient (Wildman–Crippen LogP) is 3.77. The Balaban J connectivity index is 2.41. The topological polar surface area (TPSA) is 63.2 Å². The number of rotatable bonds is 4. The molecule has 2 aromatic carbocycles. The number of amides is 1. The second-order valence-corrected chi connectivity index (χ2v) is 7.32. The fourth-order valence-corrected chi connectivity index (χ4v) is 3.63. The zero-order valence-electron chi connectivity index (χ0n) is 11.8. The van der Waals surface area contributed by atoms with Crippen LogP contribution in [0.4, 0.5) is 8.78 Å². The molecule has 0 aliphatic heterocycles. The normalized spacial score (nSPS) is 11.0. The van der Waals surface area contributed by atoms with Gasteiger partial charge in [-0.15, -0.1) is 0 Å². The van der Waals surface area contributed by atoms with Crippen molar-refractivity contribution in [2.45, 2.75) is 4.90 Å². The van der Waals surface area contributed by atoms with Crippen LogP contribution in [-0.2, 0) is 9.84 Å². The molecule has 4 nitrogen and oxygen atoms in total. The van der Waals surface area contributed by atoms with Crippen molar-refractivity contribution in [3.8, 4) is 0 Å². The first-order chi connectivity index (χ1) is 11.2. The van der Waals surface area contributed by atoms with Gasteiger partial charge in [0.1, 0.15) is 16.1 Å². The van der Waals surface area contributed by atoms with Crippen molar-refractivity contribution in [2.75, 3.05) is 0 Å². The van der Waals surface area contributed by atoms with E-state index in [0.717, 1.165) is 36.4 Å². The Labute approximate surface area is 146 Å². The lowest BCUT2D eigenvalue weighted by Gasteiger charge is -2.12. The highest BCUT2D eigenvalue weighted by atomic mass is 35.5. The van der Waals surface area contributed by atoms with Crippen LogP contribution in [0.15, 0.2) is 62.9 Å². The SMILES string of the molecule is O=C(NC(=C(Cl)Cl)S(=O)(=O)c1ccc(F)cc1)c1ccccc1F. The van der Waals surface area contributed by atoms with E-state index in [9.17, 15) is 22.0 Å². The summed E-state index contributed by atoms with van der Waals surface area (Å²) in [6.07, 6.45) is 0. The molecule has 0 saturated heterocycles. The molecule has 2 rings (SSSR count). The predicted molar refractivity (Wildman–Crippen MR) is 86.2 cm³/mol. The third-order valence-electron chi connectivity index (χ3n) is 2.91. The minimum absolute atomic E-state index is 0.341. The smallest absolute Gasteiger partial charge is 0.259 e. The molecule has 0 spiro atoms. The summed E-state index contributed by atoms with van der Waals surface area (Å²) in [5, 5.41) is 1.15. The van der Waals surface area contributed by atoms with E-state index in [4.69, 9.17) is 23.2 Å². The Kier molecular flexibility index (Phi) is 5.58. The van der Waals surface area contributed by atoms with Gasteiger partial charge in [-0.25, -0.2) is 17.2 Å². The van der Waals surface area contributed by atoms with Crippen LogP contribution in [0.25, 0.3) is 0 Å². The molecule has 1 N–H and O–H groups in total. The molecule has 9 heteroatoms. The standard InChI is InChI=1S/C15H9Cl2F2NO3S/c16-13(17)15(20-14(21)11-3-1-2-4-12(11)19)24(22,23)10-7-5-9(18)6-8-10/h1-8H,(H,20,21). The number of halogens is 4. The first-order valence-corrected chi connectivity index (χ1v) is 8.59. The zero-order chi connectivity index (χ0) is 17.9. The molecular weight excluding hydrogens is 383 g/mol. The first-order valence-electron chi connectivity index (χ1n) is 6.35. The Morgan fingerprint density at radius 3 is 2.08 bits per heavy atom. The molecule has 2 aromatic rings. The van der Waals surface area contributed by atoms with E-state index in [1.807, 2.05) is 5.32 Å². The maximum Gasteiger partial charge on any atom is 0.259 e. The van der Waals surface area contributed by atoms with Gasteiger partial charge in [0.25, 0.3) is 5.91 Å². The van der Waals surface area contributed by atoms with Crippen molar-refractivity contribution in [1.29, 1.82) is 0 Å². The van der Waals surface area contributed by atoms with Gasteiger partial charge in [-0.1, -0.05) is 35.3 Å². The van der Waals surface area contributed by atoms with Crippen LogP contribution in [0, 0.1) is 11.6 Å². The van der Waals surface area contributed by atoms with E-state index < -0.39 is 36.9 Å². The lowest BCUT2D eigenvalue weighted by molar-refractivity contribution is 0.0964. The van der Waals surface area contributed by atoms with Crippen molar-refractivity contribution in [1.82, 2.24) is 5.32 Å². The van der Waals surface area contributed by atoms with E-state index in [0.29, 0.717) is 0 Å². The molecule has 1 amide bonds. The van der Waals surface area contributed by atoms with Gasteiger partial charge < -0.3 is 5.32 Å². The van der Waals surface area contributed by atoms with Gasteiger partial charge in [-0.05, 0) is 36.4 Å². The maximum absolute atomic E-state index is 13.6. The summed E-state index contributed by atoms with van der Waals surface area (Å²) in [5.41, 5.74) is -0.390. The second-order valence-electron chi connectivity index (χ2n) is 4.48. The van der Waals surface area contributed by atoms with Crippen molar-refractivity contribution in [2.24, 2.45) is 0 Å². The highest BCUT2D eigenvalue weighted by Crippen LogP contribution is 2.25. The third kappa shape index (κ3) is 3.92. The Morgan fingerprint density at radius 2 is 1.54 bits per heavy atom. The van der Waals surface area contributed by atoms with Gasteiger partial charge in [0.05, 0.1) is 10.5 Å². The third-order valence-corrected chi connectivity index (χ3v) is 5.25. The van der Waals surface area contributed by atoms with E-state index in [-0.39, 0.29) is 10.5 Å². The van der Waals surface area contributed by atoms with Crippen molar-refractivity contribution in [3.05, 3.63) is 75.2 Å². The van der Waals surface area contributed by atoms with Crippen LogP contribution in [0.1, 0.15) is 10.4 Å². The molecule has 0 aromatic heterocycles. The molecule has 0 aliphatic carbocycles. The minimum Gasteiger partial charge on any atom is -0.310 e. The van der Waals surface area contributed by atoms with E-state index in [2.05, 4.69) is 0 Å². The largest absolute Gasteiger partial charge is 0.310 e. The molecule has 0 saturated carbocycles. The van der Waals surface area contributed by atoms with Crippen LogP contribution < -0.4 is 5.32 Å². The van der Waals surface area contributed by atoms with E-state index >= 15 is 0 Å². The van der Waals surface area contributed by atoms with Crippen molar-refractivity contribution >= 4 is 38.9 Å². The summed E-state index contributed by atoms with van der Waals surface area (Å²) in [6.45, 7) is 0. The Morgan fingerprint density at radius 1 is 0.958 bits per heavy atom. The molecule has 0 bridgehead atoms. The molecule has 126 valence electrons. The Hall–Kier alpha value is -1.96. The molecule has 24 heavy (non-hydrogen) atoms. The van der Waals surface area contributed by atoms with Crippen LogP contribution >= 0.6 is 23.2 Å². The number of carbonyl (C=O) groups excluding carboxylic acids is 1. The lowest BCUT2D eigenvalue weighted by Crippen LogP contribution is -2.28. The highest BCUT2D eigenvalue weighted by Gasteiger charge is 2.27. The number of nitrogens with one attached hydrogen (secondary N) is 1. The zero-order valence-corrected chi connectivity index (χ0v) is 14.1. The fraction of sp³-hybridized carbons (Fsp3) is 0. The van der Waals surface area contributed by atoms with Gasteiger partial charge in [-0.2, -0.15) is 0 Å². The average molecular weight is 392 g/mol. The first kappa shape index (κ1) is 18.4. The van der Waals surface area contributed by atoms with Crippen molar-refractivity contribution < 1.29 is 22.0 Å². The van der Waals surface area contributed by atoms with E-state index in [1.54, 1.807) is 0 Å².